The largest absolute Gasteiger partial charge is 0.465 e. The van der Waals surface area contributed by atoms with E-state index in [1.165, 1.54) is 38.5 Å². The molecule has 3 nitrogen and oxygen atoms in total. The molecule has 2 aliphatic carbocycles. The van der Waals surface area contributed by atoms with Crippen molar-refractivity contribution in [1.82, 2.24) is 0 Å². The molecule has 24 heavy (non-hydrogen) atoms. The topological polar surface area (TPSA) is 39.4 Å². The highest BCUT2D eigenvalue weighted by Crippen LogP contribution is 2.51. The molecule has 0 N–H and O–H groups in total. The average Bonchev–Trinajstić information content (AvgIpc) is 3.16. The molecule has 2 fully saturated rings. The van der Waals surface area contributed by atoms with Gasteiger partial charge in [-0.3, -0.25) is 0 Å². The highest BCUT2D eigenvalue weighted by Gasteiger charge is 2.52. The van der Waals surface area contributed by atoms with Crippen molar-refractivity contribution >= 4 is 5.97 Å². The second-order valence-corrected chi connectivity index (χ2v) is 7.61. The lowest BCUT2D eigenvalue weighted by Gasteiger charge is -2.47. The van der Waals surface area contributed by atoms with E-state index in [0.717, 1.165) is 31.4 Å². The number of rotatable bonds is 5. The van der Waals surface area contributed by atoms with E-state index in [-0.39, 0.29) is 5.97 Å². The summed E-state index contributed by atoms with van der Waals surface area (Å²) in [6, 6.07) is 3.93. The second kappa shape index (κ2) is 7.58. The summed E-state index contributed by atoms with van der Waals surface area (Å²) in [4.78, 5) is 12.6. The highest BCUT2D eigenvalue weighted by molar-refractivity contribution is 5.87. The van der Waals surface area contributed by atoms with Crippen molar-refractivity contribution in [1.29, 1.82) is 0 Å². The minimum absolute atomic E-state index is 0.275. The van der Waals surface area contributed by atoms with Gasteiger partial charge in [0.15, 0.2) is 5.60 Å². The van der Waals surface area contributed by atoms with Gasteiger partial charge in [-0.15, -0.1) is 0 Å². The van der Waals surface area contributed by atoms with E-state index in [2.05, 4.69) is 6.58 Å². The fraction of sp³-hybridized carbons (Fsp3) is 0.667. The summed E-state index contributed by atoms with van der Waals surface area (Å²) in [5.41, 5.74) is -0.141. The van der Waals surface area contributed by atoms with E-state index in [1.807, 2.05) is 12.1 Å². The predicted octanol–water partition coefficient (Wildman–Crippen LogP) is 5.75. The average molecular weight is 330 g/mol. The first kappa shape index (κ1) is 17.3. The zero-order valence-electron chi connectivity index (χ0n) is 14.9. The van der Waals surface area contributed by atoms with Crippen LogP contribution in [0.25, 0.3) is 0 Å². The van der Waals surface area contributed by atoms with Crippen molar-refractivity contribution < 1.29 is 13.9 Å². The minimum atomic E-state index is -0.611. The number of carbonyl (C=O) groups is 1. The molecule has 0 bridgehead atoms. The first-order valence-electron chi connectivity index (χ1n) is 9.57. The van der Waals surface area contributed by atoms with Crippen LogP contribution in [-0.4, -0.2) is 5.97 Å². The minimum Gasteiger partial charge on any atom is -0.465 e. The van der Waals surface area contributed by atoms with Crippen molar-refractivity contribution in [2.75, 3.05) is 0 Å². The maximum atomic E-state index is 12.6. The van der Waals surface area contributed by atoms with Crippen LogP contribution in [0.5, 0.6) is 0 Å². The molecule has 2 aliphatic rings. The molecule has 0 aliphatic heterocycles. The van der Waals surface area contributed by atoms with Gasteiger partial charge in [0.1, 0.15) is 5.76 Å². The van der Waals surface area contributed by atoms with Crippen molar-refractivity contribution in [2.24, 2.45) is 11.8 Å². The van der Waals surface area contributed by atoms with Gasteiger partial charge in [-0.05, 0) is 44.7 Å². The monoisotopic (exact) mass is 330 g/mol. The Bertz CT molecular complexity index is 528. The Morgan fingerprint density at radius 1 is 1.08 bits per heavy atom. The summed E-state index contributed by atoms with van der Waals surface area (Å²) >= 11 is 0. The molecular weight excluding hydrogens is 300 g/mol. The van der Waals surface area contributed by atoms with Crippen molar-refractivity contribution in [3.05, 3.63) is 36.3 Å². The zero-order valence-corrected chi connectivity index (χ0v) is 14.9. The quantitative estimate of drug-likeness (QED) is 0.509. The number of hydrogen-bond acceptors (Lipinski definition) is 3. The molecular formula is C21H30O3. The molecule has 0 unspecified atom stereocenters. The Kier molecular flexibility index (Phi) is 5.47. The Balaban J connectivity index is 2.03. The van der Waals surface area contributed by atoms with Gasteiger partial charge < -0.3 is 9.15 Å². The van der Waals surface area contributed by atoms with Crippen LogP contribution in [0.1, 0.15) is 76.9 Å². The molecule has 132 valence electrons. The van der Waals surface area contributed by atoms with Crippen LogP contribution < -0.4 is 0 Å². The Labute approximate surface area is 145 Å². The highest BCUT2D eigenvalue weighted by atomic mass is 16.6. The van der Waals surface area contributed by atoms with Crippen LogP contribution in [-0.2, 0) is 15.1 Å². The molecule has 0 spiro atoms. The van der Waals surface area contributed by atoms with E-state index in [9.17, 15) is 4.79 Å². The van der Waals surface area contributed by atoms with Gasteiger partial charge >= 0.3 is 5.97 Å². The predicted molar refractivity (Wildman–Crippen MR) is 94.4 cm³/mol. The lowest BCUT2D eigenvalue weighted by Crippen LogP contribution is -2.47. The molecule has 2 saturated carbocycles. The molecule has 0 saturated heterocycles. The fourth-order valence-corrected chi connectivity index (χ4v) is 4.76. The van der Waals surface area contributed by atoms with E-state index >= 15 is 0 Å². The number of furan rings is 1. The van der Waals surface area contributed by atoms with Crippen LogP contribution >= 0.6 is 0 Å². The Hall–Kier alpha value is -1.51. The summed E-state index contributed by atoms with van der Waals surface area (Å²) in [6.07, 6.45) is 13.6. The molecule has 0 aromatic carbocycles. The zero-order chi connectivity index (χ0) is 17.0. The van der Waals surface area contributed by atoms with Gasteiger partial charge in [-0.25, -0.2) is 4.79 Å². The lowest BCUT2D eigenvalue weighted by atomic mass is 9.65. The number of esters is 1. The second-order valence-electron chi connectivity index (χ2n) is 7.61. The normalized spacial score (nSPS) is 20.7. The van der Waals surface area contributed by atoms with Crippen LogP contribution in [0.2, 0.25) is 0 Å². The summed E-state index contributed by atoms with van der Waals surface area (Å²) in [5.74, 6) is 1.27. The standard InChI is InChI=1S/C21H30O3/c1-16(2)20(22)24-21(19-14-9-15-23-19,17-10-5-3-6-11-17)18-12-7-4-8-13-18/h9,14-15,17-18H,1,3-8,10-13H2,2H3. The maximum Gasteiger partial charge on any atom is 0.334 e. The third-order valence-electron chi connectivity index (χ3n) is 5.94. The lowest BCUT2D eigenvalue weighted by molar-refractivity contribution is -0.184. The molecule has 1 heterocycles. The summed E-state index contributed by atoms with van der Waals surface area (Å²) in [7, 11) is 0. The summed E-state index contributed by atoms with van der Waals surface area (Å²) in [5, 5.41) is 0. The maximum absolute atomic E-state index is 12.6. The van der Waals surface area contributed by atoms with Crippen molar-refractivity contribution in [2.45, 2.75) is 76.7 Å². The van der Waals surface area contributed by atoms with Crippen LogP contribution in [0.4, 0.5) is 0 Å². The van der Waals surface area contributed by atoms with Crippen LogP contribution in [0, 0.1) is 11.8 Å². The smallest absolute Gasteiger partial charge is 0.334 e. The molecule has 3 rings (SSSR count). The molecule has 3 heteroatoms. The van der Waals surface area contributed by atoms with Crippen molar-refractivity contribution in [3.8, 4) is 0 Å². The third kappa shape index (κ3) is 3.31. The molecule has 1 aromatic heterocycles. The first-order valence-corrected chi connectivity index (χ1v) is 9.57. The van der Waals surface area contributed by atoms with Gasteiger partial charge in [0.2, 0.25) is 0 Å². The van der Waals surface area contributed by atoms with Gasteiger partial charge in [0.25, 0.3) is 0 Å². The van der Waals surface area contributed by atoms with E-state index < -0.39 is 5.60 Å². The first-order chi connectivity index (χ1) is 11.6. The van der Waals surface area contributed by atoms with E-state index in [1.54, 1.807) is 13.2 Å². The van der Waals surface area contributed by atoms with Gasteiger partial charge in [0, 0.05) is 17.4 Å². The van der Waals surface area contributed by atoms with Gasteiger partial charge in [-0.2, -0.15) is 0 Å². The van der Waals surface area contributed by atoms with Gasteiger partial charge in [0.05, 0.1) is 6.26 Å². The fourth-order valence-electron chi connectivity index (χ4n) is 4.76. The summed E-state index contributed by atoms with van der Waals surface area (Å²) in [6.45, 7) is 5.54. The molecule has 1 aromatic rings. The van der Waals surface area contributed by atoms with E-state index in [4.69, 9.17) is 9.15 Å². The van der Waals surface area contributed by atoms with Crippen LogP contribution in [0.15, 0.2) is 35.0 Å². The summed E-state index contributed by atoms with van der Waals surface area (Å²) < 4.78 is 12.2. The van der Waals surface area contributed by atoms with Crippen molar-refractivity contribution in [3.63, 3.8) is 0 Å². The Morgan fingerprint density at radius 2 is 1.62 bits per heavy atom. The van der Waals surface area contributed by atoms with Gasteiger partial charge in [-0.1, -0.05) is 45.1 Å². The molecule has 0 amide bonds. The van der Waals surface area contributed by atoms with Crippen LogP contribution in [0.3, 0.4) is 0 Å². The SMILES string of the molecule is C=C(C)C(=O)OC(c1ccco1)(C1CCCCC1)C1CCCCC1. The molecule has 0 atom stereocenters. The third-order valence-corrected chi connectivity index (χ3v) is 5.94. The number of carbonyl (C=O) groups excluding carboxylic acids is 1. The van der Waals surface area contributed by atoms with E-state index in [0.29, 0.717) is 17.4 Å². The Morgan fingerprint density at radius 3 is 2.04 bits per heavy atom. The number of hydrogen-bond donors (Lipinski definition) is 0. The number of ether oxygens (including phenoxy) is 1. The molecule has 0 radical (unpaired) electrons.